The molecule has 0 saturated heterocycles. The molecule has 0 unspecified atom stereocenters. The van der Waals surface area contributed by atoms with Crippen LogP contribution in [0.15, 0.2) is 46.0 Å². The first-order chi connectivity index (χ1) is 12.0. The Morgan fingerprint density at radius 2 is 1.92 bits per heavy atom. The van der Waals surface area contributed by atoms with E-state index >= 15 is 0 Å². The lowest BCUT2D eigenvalue weighted by Crippen LogP contribution is -2.16. The minimum Gasteiger partial charge on any atom is -0.495 e. The molecule has 0 spiro atoms. The van der Waals surface area contributed by atoms with Crippen LogP contribution >= 0.6 is 50.5 Å². The predicted molar refractivity (Wildman–Crippen MR) is 108 cm³/mol. The summed E-state index contributed by atoms with van der Waals surface area (Å²) in [6.45, 7) is 0. The van der Waals surface area contributed by atoms with Crippen LogP contribution in [0.4, 0.5) is 0 Å². The molecule has 0 aliphatic heterocycles. The molecule has 0 aliphatic carbocycles. The lowest BCUT2D eigenvalue weighted by Gasteiger charge is -2.02. The van der Waals surface area contributed by atoms with Gasteiger partial charge in [0.15, 0.2) is 0 Å². The molecule has 3 aromatic rings. The molecule has 0 atom stereocenters. The number of thiophene rings is 1. The van der Waals surface area contributed by atoms with Crippen LogP contribution in [-0.4, -0.2) is 19.2 Å². The third-order valence-electron chi connectivity index (χ3n) is 3.38. The van der Waals surface area contributed by atoms with Crippen molar-refractivity contribution in [2.45, 2.75) is 0 Å². The molecule has 128 valence electrons. The van der Waals surface area contributed by atoms with Crippen molar-refractivity contribution in [2.24, 2.45) is 5.10 Å². The Morgan fingerprint density at radius 3 is 2.60 bits per heavy atom. The molecule has 0 fully saturated rings. The minimum atomic E-state index is -0.394. The fourth-order valence-electron chi connectivity index (χ4n) is 2.15. The molecule has 1 aromatic heterocycles. The predicted octanol–water partition coefficient (Wildman–Crippen LogP) is 5.74. The van der Waals surface area contributed by atoms with Crippen molar-refractivity contribution in [2.75, 3.05) is 7.11 Å². The number of hydrazone groups is 1. The smallest absolute Gasteiger partial charge is 0.283 e. The zero-order valence-corrected chi connectivity index (χ0v) is 16.8. The normalized spacial score (nSPS) is 11.2. The number of amides is 1. The van der Waals surface area contributed by atoms with Crippen LogP contribution in [0.2, 0.25) is 10.0 Å². The van der Waals surface area contributed by atoms with E-state index in [1.807, 2.05) is 24.3 Å². The number of hydrogen-bond donors (Lipinski definition) is 1. The van der Waals surface area contributed by atoms with Crippen molar-refractivity contribution in [3.63, 3.8) is 0 Å². The Labute approximate surface area is 166 Å². The molecule has 3 rings (SSSR count). The standard InChI is InChI=1S/C17H11BrCl2N2O2S/c1-24-12-7-6-11-13(19)16(25-15(11)14(12)20)17(23)22-21-8-9-2-4-10(18)5-3-9/h2-8H,1H3,(H,22,23)/b21-8+. The third-order valence-corrected chi connectivity index (χ3v) is 6.12. The number of benzene rings is 2. The van der Waals surface area contributed by atoms with Gasteiger partial charge < -0.3 is 4.74 Å². The van der Waals surface area contributed by atoms with Crippen molar-refractivity contribution in [1.29, 1.82) is 0 Å². The SMILES string of the molecule is COc1ccc2c(Cl)c(C(=O)N/N=C/c3ccc(Br)cc3)sc2c1Cl. The van der Waals surface area contributed by atoms with E-state index in [0.717, 1.165) is 10.0 Å². The second-order valence-corrected chi connectivity index (χ2v) is 7.65. The zero-order valence-electron chi connectivity index (χ0n) is 12.8. The lowest BCUT2D eigenvalue weighted by molar-refractivity contribution is 0.0959. The van der Waals surface area contributed by atoms with E-state index in [2.05, 4.69) is 26.5 Å². The second-order valence-electron chi connectivity index (χ2n) is 4.95. The molecule has 0 radical (unpaired) electrons. The van der Waals surface area contributed by atoms with Crippen molar-refractivity contribution >= 4 is 72.7 Å². The van der Waals surface area contributed by atoms with Gasteiger partial charge in [-0.05, 0) is 29.8 Å². The second kappa shape index (κ2) is 7.74. The summed E-state index contributed by atoms with van der Waals surface area (Å²) in [5.74, 6) is 0.141. The van der Waals surface area contributed by atoms with Gasteiger partial charge in [-0.15, -0.1) is 11.3 Å². The first kappa shape index (κ1) is 18.2. The number of carbonyl (C=O) groups is 1. The van der Waals surface area contributed by atoms with Gasteiger partial charge in [-0.2, -0.15) is 5.10 Å². The van der Waals surface area contributed by atoms with Crippen molar-refractivity contribution in [1.82, 2.24) is 5.43 Å². The number of hydrogen-bond acceptors (Lipinski definition) is 4. The summed E-state index contributed by atoms with van der Waals surface area (Å²) in [6.07, 6.45) is 1.56. The number of fused-ring (bicyclic) bond motifs is 1. The number of nitrogens with zero attached hydrogens (tertiary/aromatic N) is 1. The molecule has 1 amide bonds. The molecular weight excluding hydrogens is 447 g/mol. The fraction of sp³-hybridized carbons (Fsp3) is 0.0588. The molecule has 4 nitrogen and oxygen atoms in total. The average Bonchev–Trinajstić information content (AvgIpc) is 2.95. The number of rotatable bonds is 4. The molecule has 8 heteroatoms. The monoisotopic (exact) mass is 456 g/mol. The number of ether oxygens (including phenoxy) is 1. The number of nitrogens with one attached hydrogen (secondary N) is 1. The molecule has 0 saturated carbocycles. The number of carbonyl (C=O) groups excluding carboxylic acids is 1. The van der Waals surface area contributed by atoms with E-state index in [0.29, 0.717) is 30.8 Å². The van der Waals surface area contributed by atoms with Crippen molar-refractivity contribution in [3.8, 4) is 5.75 Å². The molecule has 1 N–H and O–H groups in total. The van der Waals surface area contributed by atoms with Gasteiger partial charge in [-0.25, -0.2) is 5.43 Å². The van der Waals surface area contributed by atoms with Crippen LogP contribution in [0.3, 0.4) is 0 Å². The maximum absolute atomic E-state index is 12.4. The molecule has 0 aliphatic rings. The highest BCUT2D eigenvalue weighted by Gasteiger charge is 2.20. The van der Waals surface area contributed by atoms with Gasteiger partial charge in [0, 0.05) is 9.86 Å². The summed E-state index contributed by atoms with van der Waals surface area (Å²) in [5, 5.41) is 5.46. The third kappa shape index (κ3) is 3.82. The highest BCUT2D eigenvalue weighted by atomic mass is 79.9. The van der Waals surface area contributed by atoms with E-state index in [1.54, 1.807) is 18.3 Å². The maximum atomic E-state index is 12.4. The average molecular weight is 458 g/mol. The first-order valence-corrected chi connectivity index (χ1v) is 9.41. The Bertz CT molecular complexity index is 971. The van der Waals surface area contributed by atoms with Gasteiger partial charge >= 0.3 is 0 Å². The molecule has 1 heterocycles. The van der Waals surface area contributed by atoms with Gasteiger partial charge in [-0.1, -0.05) is 51.3 Å². The maximum Gasteiger partial charge on any atom is 0.283 e. The van der Waals surface area contributed by atoms with Gasteiger partial charge in [0.1, 0.15) is 15.6 Å². The Balaban J connectivity index is 1.83. The Kier molecular flexibility index (Phi) is 5.64. The van der Waals surface area contributed by atoms with Crippen LogP contribution in [-0.2, 0) is 0 Å². The van der Waals surface area contributed by atoms with Gasteiger partial charge in [0.25, 0.3) is 5.91 Å². The summed E-state index contributed by atoms with van der Waals surface area (Å²) in [6, 6.07) is 11.0. The summed E-state index contributed by atoms with van der Waals surface area (Å²) < 4.78 is 6.86. The van der Waals surface area contributed by atoms with Gasteiger partial charge in [-0.3, -0.25) is 4.79 Å². The Hall–Kier alpha value is -1.60. The van der Waals surface area contributed by atoms with Crippen LogP contribution < -0.4 is 10.2 Å². The first-order valence-electron chi connectivity index (χ1n) is 7.04. The van der Waals surface area contributed by atoms with Crippen LogP contribution in [0.1, 0.15) is 15.2 Å². The zero-order chi connectivity index (χ0) is 18.0. The summed E-state index contributed by atoms with van der Waals surface area (Å²) in [4.78, 5) is 12.7. The summed E-state index contributed by atoms with van der Waals surface area (Å²) in [5.41, 5.74) is 3.34. The minimum absolute atomic E-state index is 0.347. The number of halogens is 3. The molecule has 2 aromatic carbocycles. The molecule has 25 heavy (non-hydrogen) atoms. The van der Waals surface area contributed by atoms with Gasteiger partial charge in [0.2, 0.25) is 0 Å². The van der Waals surface area contributed by atoms with Crippen LogP contribution in [0.5, 0.6) is 5.75 Å². The number of methoxy groups -OCH3 is 1. The van der Waals surface area contributed by atoms with E-state index in [-0.39, 0.29) is 0 Å². The summed E-state index contributed by atoms with van der Waals surface area (Å²) in [7, 11) is 1.53. The van der Waals surface area contributed by atoms with Crippen LogP contribution in [0, 0.1) is 0 Å². The van der Waals surface area contributed by atoms with Crippen LogP contribution in [0.25, 0.3) is 10.1 Å². The largest absolute Gasteiger partial charge is 0.495 e. The molecular formula is C17H11BrCl2N2O2S. The van der Waals surface area contributed by atoms with E-state index in [4.69, 9.17) is 27.9 Å². The lowest BCUT2D eigenvalue weighted by atomic mass is 10.2. The van der Waals surface area contributed by atoms with Crippen molar-refractivity contribution < 1.29 is 9.53 Å². The van der Waals surface area contributed by atoms with E-state index in [9.17, 15) is 4.79 Å². The topological polar surface area (TPSA) is 50.7 Å². The van der Waals surface area contributed by atoms with E-state index in [1.165, 1.54) is 18.4 Å². The Morgan fingerprint density at radius 1 is 1.20 bits per heavy atom. The summed E-state index contributed by atoms with van der Waals surface area (Å²) >= 11 is 17.2. The fourth-order valence-corrected chi connectivity index (χ4v) is 4.20. The quantitative estimate of drug-likeness (QED) is 0.401. The highest BCUT2D eigenvalue weighted by Crippen LogP contribution is 2.42. The highest BCUT2D eigenvalue weighted by molar-refractivity contribution is 9.10. The van der Waals surface area contributed by atoms with Crippen molar-refractivity contribution in [3.05, 3.63) is 61.4 Å². The molecule has 0 bridgehead atoms. The van der Waals surface area contributed by atoms with E-state index < -0.39 is 5.91 Å². The van der Waals surface area contributed by atoms with Gasteiger partial charge in [0.05, 0.1) is 23.0 Å².